The Morgan fingerprint density at radius 2 is 1.74 bits per heavy atom. The van der Waals surface area contributed by atoms with Gasteiger partial charge in [-0.2, -0.15) is 5.10 Å². The first-order chi connectivity index (χ1) is 20.9. The number of anilines is 1. The zero-order valence-electron chi connectivity index (χ0n) is 25.0. The topological polar surface area (TPSA) is 76.9 Å². The third-order valence-corrected chi connectivity index (χ3v) is 9.42. The van der Waals surface area contributed by atoms with Crippen molar-refractivity contribution in [2.45, 2.75) is 31.9 Å². The summed E-state index contributed by atoms with van der Waals surface area (Å²) in [6.07, 6.45) is 1.97. The molecule has 0 N–H and O–H groups in total. The Balaban J connectivity index is 1.65. The summed E-state index contributed by atoms with van der Waals surface area (Å²) in [5, 5.41) is 4.91. The number of methoxy groups -OCH3 is 2. The van der Waals surface area contributed by atoms with Gasteiger partial charge in [0.1, 0.15) is 23.9 Å². The molecule has 43 heavy (non-hydrogen) atoms. The molecule has 222 valence electrons. The van der Waals surface area contributed by atoms with Crippen LogP contribution in [0.15, 0.2) is 66.7 Å². The van der Waals surface area contributed by atoms with Gasteiger partial charge >= 0.3 is 0 Å². The number of aryl methyl sites for hydroxylation is 2. The number of amides is 2. The van der Waals surface area contributed by atoms with Gasteiger partial charge in [-0.3, -0.25) is 14.5 Å². The zero-order chi connectivity index (χ0) is 30.1. The van der Waals surface area contributed by atoms with Gasteiger partial charge in [0.05, 0.1) is 36.6 Å². The van der Waals surface area contributed by atoms with E-state index < -0.39 is 0 Å². The molecule has 1 saturated heterocycles. The van der Waals surface area contributed by atoms with Crippen LogP contribution in [0.25, 0.3) is 16.9 Å². The summed E-state index contributed by atoms with van der Waals surface area (Å²) in [5.41, 5.74) is 6.44. The van der Waals surface area contributed by atoms with Gasteiger partial charge in [0.2, 0.25) is 11.8 Å². The number of hydrogen-bond acceptors (Lipinski definition) is 6. The number of carbonyl (C=O) groups is 2. The molecule has 6 rings (SSSR count). The number of ether oxygens (including phenoxy) is 2. The number of hydrogen-bond donors (Lipinski definition) is 0. The molecule has 2 aliphatic heterocycles. The highest BCUT2D eigenvalue weighted by Crippen LogP contribution is 2.51. The molecule has 0 saturated carbocycles. The quantitative estimate of drug-likeness (QED) is 0.262. The molecule has 3 aromatic carbocycles. The van der Waals surface area contributed by atoms with Gasteiger partial charge in [-0.15, -0.1) is 11.8 Å². The average molecular weight is 597 g/mol. The molecule has 1 aromatic heterocycles. The third kappa shape index (κ3) is 5.49. The Morgan fingerprint density at radius 1 is 0.977 bits per heavy atom. The molecular formula is C34H36N4O4S. The van der Waals surface area contributed by atoms with Crippen LogP contribution in [-0.4, -0.2) is 66.1 Å². The first-order valence-electron chi connectivity index (χ1n) is 14.6. The summed E-state index contributed by atoms with van der Waals surface area (Å²) in [4.78, 5) is 31.2. The SMILES string of the molecule is COc1ccc(OC)c(C2SCC(=O)N(CC(=O)N3CCCC3)c3c2c(-c2ccccc2)nn3-c2ccc(C)cc2C)c1. The van der Waals surface area contributed by atoms with Crippen LogP contribution < -0.4 is 14.4 Å². The first kappa shape index (κ1) is 28.9. The van der Waals surface area contributed by atoms with E-state index in [0.717, 1.165) is 65.1 Å². The van der Waals surface area contributed by atoms with E-state index in [0.29, 0.717) is 17.3 Å². The lowest BCUT2D eigenvalue weighted by Gasteiger charge is -2.26. The van der Waals surface area contributed by atoms with Crippen LogP contribution in [0.4, 0.5) is 5.82 Å². The molecule has 1 atom stereocenters. The fourth-order valence-electron chi connectivity index (χ4n) is 6.03. The molecule has 0 radical (unpaired) electrons. The van der Waals surface area contributed by atoms with Crippen molar-refractivity contribution in [2.75, 3.05) is 44.5 Å². The van der Waals surface area contributed by atoms with Gasteiger partial charge in [0.25, 0.3) is 0 Å². The van der Waals surface area contributed by atoms with Crippen LogP contribution in [0.2, 0.25) is 0 Å². The second kappa shape index (κ2) is 12.2. The van der Waals surface area contributed by atoms with Crippen LogP contribution in [0, 0.1) is 13.8 Å². The van der Waals surface area contributed by atoms with E-state index in [-0.39, 0.29) is 29.4 Å². The van der Waals surface area contributed by atoms with Gasteiger partial charge in [0.15, 0.2) is 0 Å². The molecule has 0 bridgehead atoms. The second-order valence-electron chi connectivity index (χ2n) is 11.0. The highest BCUT2D eigenvalue weighted by molar-refractivity contribution is 8.00. The van der Waals surface area contributed by atoms with Crippen molar-refractivity contribution in [3.63, 3.8) is 0 Å². The van der Waals surface area contributed by atoms with Gasteiger partial charge < -0.3 is 14.4 Å². The van der Waals surface area contributed by atoms with E-state index in [1.54, 1.807) is 19.1 Å². The maximum atomic E-state index is 14.1. The van der Waals surface area contributed by atoms with Crippen molar-refractivity contribution in [1.82, 2.24) is 14.7 Å². The minimum Gasteiger partial charge on any atom is -0.497 e. The van der Waals surface area contributed by atoms with Crippen LogP contribution in [0.5, 0.6) is 11.5 Å². The minimum atomic E-state index is -0.328. The highest BCUT2D eigenvalue weighted by Gasteiger charge is 2.39. The maximum Gasteiger partial charge on any atom is 0.242 e. The highest BCUT2D eigenvalue weighted by atomic mass is 32.2. The third-order valence-electron chi connectivity index (χ3n) is 8.19. The molecule has 0 aliphatic carbocycles. The van der Waals surface area contributed by atoms with E-state index in [9.17, 15) is 9.59 Å². The molecule has 8 nitrogen and oxygen atoms in total. The van der Waals surface area contributed by atoms with E-state index in [2.05, 4.69) is 13.0 Å². The fourth-order valence-corrected chi connectivity index (χ4v) is 7.24. The largest absolute Gasteiger partial charge is 0.497 e. The Hall–Kier alpha value is -4.24. The molecule has 9 heteroatoms. The van der Waals surface area contributed by atoms with Gasteiger partial charge in [0, 0.05) is 29.8 Å². The molecule has 2 aliphatic rings. The zero-order valence-corrected chi connectivity index (χ0v) is 25.8. The summed E-state index contributed by atoms with van der Waals surface area (Å²) in [5.74, 6) is 2.01. The summed E-state index contributed by atoms with van der Waals surface area (Å²) >= 11 is 1.52. The molecule has 1 fully saturated rings. The number of rotatable bonds is 7. The summed E-state index contributed by atoms with van der Waals surface area (Å²) in [7, 11) is 3.29. The molecule has 4 aromatic rings. The van der Waals surface area contributed by atoms with Gasteiger partial charge in [-0.1, -0.05) is 48.0 Å². The molecular weight excluding hydrogens is 560 g/mol. The van der Waals surface area contributed by atoms with Crippen molar-refractivity contribution in [2.24, 2.45) is 0 Å². The monoisotopic (exact) mass is 596 g/mol. The Bertz CT molecular complexity index is 1660. The standard InChI is InChI=1S/C34H36N4O4S/c1-22-12-14-27(23(2)18-22)38-34-31(32(35-38)24-10-6-5-7-11-24)33(26-19-25(41-3)13-15-28(26)42-4)43-21-30(40)37(34)20-29(39)36-16-8-9-17-36/h5-7,10-15,18-19,33H,8-9,16-17,20-21H2,1-4H3. The summed E-state index contributed by atoms with van der Waals surface area (Å²) in [6, 6.07) is 22.0. The smallest absolute Gasteiger partial charge is 0.242 e. The van der Waals surface area contributed by atoms with Crippen molar-refractivity contribution < 1.29 is 19.1 Å². The van der Waals surface area contributed by atoms with Crippen LogP contribution in [-0.2, 0) is 9.59 Å². The normalized spacial score (nSPS) is 16.7. The fraction of sp³-hybridized carbons (Fsp3) is 0.324. The van der Waals surface area contributed by atoms with Crippen LogP contribution in [0.3, 0.4) is 0 Å². The number of likely N-dealkylation sites (tertiary alicyclic amines) is 1. The summed E-state index contributed by atoms with van der Waals surface area (Å²) in [6.45, 7) is 5.50. The van der Waals surface area contributed by atoms with Gasteiger partial charge in [-0.25, -0.2) is 4.68 Å². The van der Waals surface area contributed by atoms with Crippen molar-refractivity contribution in [1.29, 1.82) is 0 Å². The Kier molecular flexibility index (Phi) is 8.17. The average Bonchev–Trinajstić information content (AvgIpc) is 3.67. The van der Waals surface area contributed by atoms with Gasteiger partial charge in [-0.05, 0) is 56.5 Å². The number of benzene rings is 3. The van der Waals surface area contributed by atoms with Crippen molar-refractivity contribution >= 4 is 29.4 Å². The first-order valence-corrected chi connectivity index (χ1v) is 15.6. The minimum absolute atomic E-state index is 0.0425. The molecule has 0 spiro atoms. The number of fused-ring (bicyclic) bond motifs is 1. The van der Waals surface area contributed by atoms with Crippen molar-refractivity contribution in [3.8, 4) is 28.4 Å². The Labute approximate surface area is 256 Å². The summed E-state index contributed by atoms with van der Waals surface area (Å²) < 4.78 is 13.3. The molecule has 3 heterocycles. The van der Waals surface area contributed by atoms with Crippen LogP contribution >= 0.6 is 11.8 Å². The number of carbonyl (C=O) groups excluding carboxylic acids is 2. The van der Waals surface area contributed by atoms with E-state index >= 15 is 0 Å². The predicted molar refractivity (Wildman–Crippen MR) is 170 cm³/mol. The lowest BCUT2D eigenvalue weighted by atomic mass is 9.98. The van der Waals surface area contributed by atoms with E-state index in [4.69, 9.17) is 14.6 Å². The Morgan fingerprint density at radius 3 is 2.44 bits per heavy atom. The van der Waals surface area contributed by atoms with E-state index in [1.165, 1.54) is 11.8 Å². The molecule has 2 amide bonds. The maximum absolute atomic E-state index is 14.1. The number of thioether (sulfide) groups is 1. The van der Waals surface area contributed by atoms with Crippen molar-refractivity contribution in [3.05, 3.63) is 89.0 Å². The second-order valence-corrected chi connectivity index (χ2v) is 12.1. The lowest BCUT2D eigenvalue weighted by molar-refractivity contribution is -0.130. The number of aromatic nitrogens is 2. The number of nitrogens with zero attached hydrogens (tertiary/aromatic N) is 4. The predicted octanol–water partition coefficient (Wildman–Crippen LogP) is 5.96. The van der Waals surface area contributed by atoms with Crippen LogP contribution in [0.1, 0.15) is 40.3 Å². The molecule has 1 unspecified atom stereocenters. The lowest BCUT2D eigenvalue weighted by Crippen LogP contribution is -2.43. The van der Waals surface area contributed by atoms with E-state index in [1.807, 2.05) is 77.2 Å².